The van der Waals surface area contributed by atoms with Crippen LogP contribution >= 0.6 is 0 Å². The van der Waals surface area contributed by atoms with E-state index in [1.807, 2.05) is 17.9 Å². The first kappa shape index (κ1) is 13.7. The van der Waals surface area contributed by atoms with E-state index in [0.717, 1.165) is 44.4 Å². The molecule has 1 aromatic heterocycles. The molecule has 0 spiro atoms. The normalized spacial score (nSPS) is 30.7. The van der Waals surface area contributed by atoms with Crippen molar-refractivity contribution in [1.29, 1.82) is 0 Å². The van der Waals surface area contributed by atoms with E-state index in [-0.39, 0.29) is 24.0 Å². The van der Waals surface area contributed by atoms with Crippen LogP contribution in [0.5, 0.6) is 0 Å². The molecule has 4 nitrogen and oxygen atoms in total. The van der Waals surface area contributed by atoms with E-state index in [0.29, 0.717) is 5.76 Å². The van der Waals surface area contributed by atoms with Crippen molar-refractivity contribution < 1.29 is 14.3 Å². The summed E-state index contributed by atoms with van der Waals surface area (Å²) >= 11 is 0. The van der Waals surface area contributed by atoms with Crippen molar-refractivity contribution in [1.82, 2.24) is 4.90 Å². The Balaban J connectivity index is 1.76. The SMILES string of the molecule is Cc1ccc(C(=O)N2CCCC2C2CCCCC2O)o1. The maximum atomic E-state index is 12.6. The molecule has 3 unspecified atom stereocenters. The number of rotatable bonds is 2. The fourth-order valence-electron chi connectivity index (χ4n) is 3.77. The van der Waals surface area contributed by atoms with Gasteiger partial charge in [0.25, 0.3) is 5.91 Å². The number of hydrogen-bond acceptors (Lipinski definition) is 3. The summed E-state index contributed by atoms with van der Waals surface area (Å²) in [6.45, 7) is 2.63. The molecule has 1 saturated carbocycles. The smallest absolute Gasteiger partial charge is 0.289 e. The van der Waals surface area contributed by atoms with Crippen LogP contribution in [0.25, 0.3) is 0 Å². The van der Waals surface area contributed by atoms with Gasteiger partial charge in [-0.2, -0.15) is 0 Å². The molecule has 1 amide bonds. The topological polar surface area (TPSA) is 53.7 Å². The predicted octanol–water partition coefficient (Wildman–Crippen LogP) is 2.74. The minimum absolute atomic E-state index is 0.0154. The lowest BCUT2D eigenvalue weighted by Crippen LogP contribution is -2.45. The van der Waals surface area contributed by atoms with E-state index < -0.39 is 0 Å². The molecule has 1 saturated heterocycles. The number of amides is 1. The molecule has 3 atom stereocenters. The molecule has 0 radical (unpaired) electrons. The summed E-state index contributed by atoms with van der Waals surface area (Å²) in [6, 6.07) is 3.76. The number of carbonyl (C=O) groups excluding carboxylic acids is 1. The van der Waals surface area contributed by atoms with E-state index in [9.17, 15) is 9.90 Å². The number of hydrogen-bond donors (Lipinski definition) is 1. The molecule has 1 N–H and O–H groups in total. The highest BCUT2D eigenvalue weighted by Gasteiger charge is 2.39. The van der Waals surface area contributed by atoms with E-state index in [2.05, 4.69) is 0 Å². The van der Waals surface area contributed by atoms with E-state index in [4.69, 9.17) is 4.42 Å². The quantitative estimate of drug-likeness (QED) is 0.904. The van der Waals surface area contributed by atoms with Gasteiger partial charge in [0.2, 0.25) is 0 Å². The molecule has 0 aromatic carbocycles. The number of furan rings is 1. The minimum Gasteiger partial charge on any atom is -0.456 e. The lowest BCUT2D eigenvalue weighted by Gasteiger charge is -2.36. The van der Waals surface area contributed by atoms with E-state index in [1.165, 1.54) is 6.42 Å². The Hall–Kier alpha value is -1.29. The van der Waals surface area contributed by atoms with Crippen LogP contribution in [0.4, 0.5) is 0 Å². The first-order valence-electron chi connectivity index (χ1n) is 7.72. The van der Waals surface area contributed by atoms with E-state index in [1.54, 1.807) is 6.07 Å². The van der Waals surface area contributed by atoms with Crippen molar-refractivity contribution >= 4 is 5.91 Å². The average Bonchev–Trinajstić information content (AvgIpc) is 3.07. The van der Waals surface area contributed by atoms with Gasteiger partial charge >= 0.3 is 0 Å². The molecule has 3 rings (SSSR count). The van der Waals surface area contributed by atoms with Crippen LogP contribution < -0.4 is 0 Å². The zero-order chi connectivity index (χ0) is 14.1. The van der Waals surface area contributed by atoms with Gasteiger partial charge < -0.3 is 14.4 Å². The Morgan fingerprint density at radius 3 is 2.75 bits per heavy atom. The van der Waals surface area contributed by atoms with Crippen LogP contribution in [0.2, 0.25) is 0 Å². The monoisotopic (exact) mass is 277 g/mol. The van der Waals surface area contributed by atoms with Gasteiger partial charge in [0, 0.05) is 18.5 Å². The summed E-state index contributed by atoms with van der Waals surface area (Å²) in [5.41, 5.74) is 0. The van der Waals surface area contributed by atoms with Gasteiger partial charge in [0.1, 0.15) is 5.76 Å². The standard InChI is InChI=1S/C16H23NO3/c1-11-8-9-15(20-11)16(19)17-10-4-6-13(17)12-5-2-3-7-14(12)18/h8-9,12-14,18H,2-7,10H2,1H3. The number of likely N-dealkylation sites (tertiary alicyclic amines) is 1. The Morgan fingerprint density at radius 2 is 2.05 bits per heavy atom. The van der Waals surface area contributed by atoms with Gasteiger partial charge in [-0.05, 0) is 44.7 Å². The number of aryl methyl sites for hydroxylation is 1. The third-order valence-corrected chi connectivity index (χ3v) is 4.79. The molecule has 1 aliphatic heterocycles. The second-order valence-electron chi connectivity index (χ2n) is 6.13. The maximum Gasteiger partial charge on any atom is 0.289 e. The molecule has 110 valence electrons. The molecule has 2 fully saturated rings. The van der Waals surface area contributed by atoms with E-state index >= 15 is 0 Å². The molecule has 2 aliphatic rings. The Kier molecular flexibility index (Phi) is 3.83. The lowest BCUT2D eigenvalue weighted by molar-refractivity contribution is 0.0199. The first-order chi connectivity index (χ1) is 9.66. The highest BCUT2D eigenvalue weighted by molar-refractivity contribution is 5.92. The molecule has 20 heavy (non-hydrogen) atoms. The Labute approximate surface area is 119 Å². The summed E-state index contributed by atoms with van der Waals surface area (Å²) in [6.07, 6.45) is 5.97. The third-order valence-electron chi connectivity index (χ3n) is 4.79. The van der Waals surface area contributed by atoms with Crippen molar-refractivity contribution in [2.45, 2.75) is 57.6 Å². The summed E-state index contributed by atoms with van der Waals surface area (Å²) in [4.78, 5) is 14.5. The molecule has 1 aliphatic carbocycles. The van der Waals surface area contributed by atoms with Gasteiger partial charge in [0.05, 0.1) is 6.10 Å². The van der Waals surface area contributed by atoms with Gasteiger partial charge in [-0.3, -0.25) is 4.79 Å². The second kappa shape index (κ2) is 5.60. The van der Waals surface area contributed by atoms with Crippen LogP contribution in [0, 0.1) is 12.8 Å². The highest BCUT2D eigenvalue weighted by Crippen LogP contribution is 2.35. The highest BCUT2D eigenvalue weighted by atomic mass is 16.3. The number of nitrogens with zero attached hydrogens (tertiary/aromatic N) is 1. The molecule has 1 aromatic rings. The summed E-state index contributed by atoms with van der Waals surface area (Å²) in [5.74, 6) is 1.42. The fraction of sp³-hybridized carbons (Fsp3) is 0.688. The Bertz CT molecular complexity index is 482. The van der Waals surface area contributed by atoms with Crippen LogP contribution in [0.3, 0.4) is 0 Å². The second-order valence-corrected chi connectivity index (χ2v) is 6.13. The van der Waals surface area contributed by atoms with Crippen molar-refractivity contribution in [3.63, 3.8) is 0 Å². The molecular weight excluding hydrogens is 254 g/mol. The predicted molar refractivity (Wildman–Crippen MR) is 75.5 cm³/mol. The number of carbonyl (C=O) groups is 1. The lowest BCUT2D eigenvalue weighted by atomic mass is 9.80. The average molecular weight is 277 g/mol. The summed E-state index contributed by atoms with van der Waals surface area (Å²) in [7, 11) is 0. The summed E-state index contributed by atoms with van der Waals surface area (Å²) in [5, 5.41) is 10.2. The zero-order valence-electron chi connectivity index (χ0n) is 12.0. The third kappa shape index (κ3) is 2.49. The van der Waals surface area contributed by atoms with Gasteiger partial charge in [-0.15, -0.1) is 0 Å². The number of aliphatic hydroxyl groups excluding tert-OH is 1. The number of aliphatic hydroxyl groups is 1. The Morgan fingerprint density at radius 1 is 1.25 bits per heavy atom. The first-order valence-corrected chi connectivity index (χ1v) is 7.72. The van der Waals surface area contributed by atoms with Crippen LogP contribution in [-0.4, -0.2) is 34.6 Å². The maximum absolute atomic E-state index is 12.6. The largest absolute Gasteiger partial charge is 0.456 e. The summed E-state index contributed by atoms with van der Waals surface area (Å²) < 4.78 is 5.47. The van der Waals surface area contributed by atoms with Gasteiger partial charge in [-0.25, -0.2) is 0 Å². The van der Waals surface area contributed by atoms with Gasteiger partial charge in [-0.1, -0.05) is 12.8 Å². The zero-order valence-corrected chi connectivity index (χ0v) is 12.0. The van der Waals surface area contributed by atoms with Crippen molar-refractivity contribution in [2.24, 2.45) is 5.92 Å². The fourth-order valence-corrected chi connectivity index (χ4v) is 3.77. The van der Waals surface area contributed by atoms with Crippen molar-refractivity contribution in [2.75, 3.05) is 6.54 Å². The van der Waals surface area contributed by atoms with Gasteiger partial charge in [0.15, 0.2) is 5.76 Å². The van der Waals surface area contributed by atoms with Crippen LogP contribution in [0.1, 0.15) is 54.8 Å². The van der Waals surface area contributed by atoms with Crippen molar-refractivity contribution in [3.8, 4) is 0 Å². The molecular formula is C16H23NO3. The van der Waals surface area contributed by atoms with Crippen LogP contribution in [0.15, 0.2) is 16.5 Å². The molecule has 4 heteroatoms. The molecule has 0 bridgehead atoms. The minimum atomic E-state index is -0.250. The molecule has 2 heterocycles. The van der Waals surface area contributed by atoms with Crippen molar-refractivity contribution in [3.05, 3.63) is 23.7 Å². The van der Waals surface area contributed by atoms with Crippen LogP contribution in [-0.2, 0) is 0 Å².